The molecule has 0 aliphatic rings. The van der Waals surface area contributed by atoms with E-state index < -0.39 is 48.9 Å². The molecular weight excluding hydrogens is 248 g/mol. The van der Waals surface area contributed by atoms with Gasteiger partial charge < -0.3 is 32.3 Å². The molecule has 0 fully saturated rings. The summed E-state index contributed by atoms with van der Waals surface area (Å²) in [6.45, 7) is -1.31. The third-order valence-corrected chi connectivity index (χ3v) is 1.82. The third-order valence-electron chi connectivity index (χ3n) is 1.82. The van der Waals surface area contributed by atoms with E-state index in [0.29, 0.717) is 0 Å². The van der Waals surface area contributed by atoms with Gasteiger partial charge in [0.1, 0.15) is 25.2 Å². The third kappa shape index (κ3) is 5.77. The minimum atomic E-state index is -1.47. The molecular formula is C8H14N4O6. The van der Waals surface area contributed by atoms with Gasteiger partial charge in [-0.05, 0) is 0 Å². The zero-order valence-corrected chi connectivity index (χ0v) is 9.25. The van der Waals surface area contributed by atoms with Crippen LogP contribution in [0.4, 0.5) is 0 Å². The van der Waals surface area contributed by atoms with Gasteiger partial charge in [0.25, 0.3) is 0 Å². The molecule has 0 aromatic heterocycles. The Balaban J connectivity index is 4.26. The van der Waals surface area contributed by atoms with E-state index in [4.69, 9.17) is 21.7 Å². The van der Waals surface area contributed by atoms with Gasteiger partial charge in [-0.2, -0.15) is 0 Å². The van der Waals surface area contributed by atoms with Gasteiger partial charge in [-0.25, -0.2) is 0 Å². The number of hydrogen-bond acceptors (Lipinski definition) is 6. The molecule has 18 heavy (non-hydrogen) atoms. The number of carbonyl (C=O) groups excluding carboxylic acids is 2. The second kappa shape index (κ2) is 7.19. The van der Waals surface area contributed by atoms with Crippen LogP contribution in [0.2, 0.25) is 0 Å². The quantitative estimate of drug-likeness (QED) is 0.268. The fourth-order valence-corrected chi connectivity index (χ4v) is 0.887. The van der Waals surface area contributed by atoms with E-state index in [2.05, 4.69) is 0 Å². The number of carboxylic acids is 2. The first-order chi connectivity index (χ1) is 8.25. The summed E-state index contributed by atoms with van der Waals surface area (Å²) in [6, 6.07) is -2.95. The Kier molecular flexibility index (Phi) is 6.31. The number of carboxylic acid groups (broad SMARTS) is 2. The first-order valence-electron chi connectivity index (χ1n) is 4.76. The molecule has 0 aromatic rings. The molecule has 0 bridgehead atoms. The van der Waals surface area contributed by atoms with Gasteiger partial charge in [0, 0.05) is 0 Å². The first-order valence-corrected chi connectivity index (χ1v) is 4.76. The smallest absolute Gasteiger partial charge is 0.322 e. The van der Waals surface area contributed by atoms with Gasteiger partial charge in [-0.1, -0.05) is 0 Å². The van der Waals surface area contributed by atoms with Gasteiger partial charge in [0.2, 0.25) is 11.8 Å². The second-order valence-corrected chi connectivity index (χ2v) is 3.27. The standard InChI is InChI=1S/C8H14N4O6/c9-5(7(17)11-1-3(13)14)6(10)8(18)12-2-4(15)16/h5-6H,1-2,9-10H2,(H,11,17)(H,12,18)(H,13,14)(H,15,16)/t5-,6+. The number of hydrogen-bond donors (Lipinski definition) is 6. The number of aliphatic carboxylic acids is 2. The van der Waals surface area contributed by atoms with E-state index in [1.807, 2.05) is 10.6 Å². The summed E-state index contributed by atoms with van der Waals surface area (Å²) in [5.74, 6) is -4.40. The maximum absolute atomic E-state index is 11.3. The number of nitrogens with two attached hydrogens (primary N) is 2. The molecule has 0 aromatic carbocycles. The van der Waals surface area contributed by atoms with Crippen LogP contribution in [0, 0.1) is 0 Å². The van der Waals surface area contributed by atoms with Crippen molar-refractivity contribution in [2.75, 3.05) is 13.1 Å². The van der Waals surface area contributed by atoms with E-state index in [1.165, 1.54) is 0 Å². The summed E-state index contributed by atoms with van der Waals surface area (Å²) in [7, 11) is 0. The van der Waals surface area contributed by atoms with E-state index in [1.54, 1.807) is 0 Å². The molecule has 2 amide bonds. The van der Waals surface area contributed by atoms with Crippen LogP contribution in [-0.2, 0) is 19.2 Å². The average molecular weight is 262 g/mol. The van der Waals surface area contributed by atoms with Crippen LogP contribution in [0.5, 0.6) is 0 Å². The maximum Gasteiger partial charge on any atom is 0.322 e. The van der Waals surface area contributed by atoms with E-state index in [0.717, 1.165) is 0 Å². The summed E-state index contributed by atoms with van der Waals surface area (Å²) >= 11 is 0. The minimum absolute atomic E-state index is 0.657. The molecule has 10 nitrogen and oxygen atoms in total. The first kappa shape index (κ1) is 15.8. The topological polar surface area (TPSA) is 185 Å². The lowest BCUT2D eigenvalue weighted by Gasteiger charge is -2.17. The van der Waals surface area contributed by atoms with Crippen LogP contribution in [-0.4, -0.2) is 59.1 Å². The SMILES string of the molecule is N[C@H](C(=O)NCC(=O)O)[C@@H](N)C(=O)NCC(=O)O. The normalized spacial score (nSPS) is 13.2. The highest BCUT2D eigenvalue weighted by Crippen LogP contribution is 1.88. The van der Waals surface area contributed by atoms with Crippen LogP contribution in [0.15, 0.2) is 0 Å². The van der Waals surface area contributed by atoms with Crippen molar-refractivity contribution in [1.29, 1.82) is 0 Å². The summed E-state index contributed by atoms with van der Waals surface area (Å²) in [5, 5.41) is 20.5. The van der Waals surface area contributed by atoms with Gasteiger partial charge >= 0.3 is 11.9 Å². The van der Waals surface area contributed by atoms with Gasteiger partial charge in [-0.15, -0.1) is 0 Å². The molecule has 0 unspecified atom stereocenters. The Morgan fingerprint density at radius 2 is 1.11 bits per heavy atom. The van der Waals surface area contributed by atoms with Crippen molar-refractivity contribution < 1.29 is 29.4 Å². The Hall–Kier alpha value is -2.20. The molecule has 102 valence electrons. The van der Waals surface area contributed by atoms with Gasteiger partial charge in [0.05, 0.1) is 0 Å². The molecule has 2 atom stereocenters. The molecule has 0 heterocycles. The van der Waals surface area contributed by atoms with Crippen molar-refractivity contribution >= 4 is 23.8 Å². The summed E-state index contributed by atoms with van der Waals surface area (Å²) in [6.07, 6.45) is 0. The molecule has 10 heteroatoms. The van der Waals surface area contributed by atoms with Crippen LogP contribution in [0.25, 0.3) is 0 Å². The lowest BCUT2D eigenvalue weighted by atomic mass is 10.1. The molecule has 0 radical (unpaired) electrons. The summed E-state index contributed by atoms with van der Waals surface area (Å²) in [5.41, 5.74) is 10.6. The molecule has 0 saturated carbocycles. The largest absolute Gasteiger partial charge is 0.480 e. The highest BCUT2D eigenvalue weighted by Gasteiger charge is 2.27. The van der Waals surface area contributed by atoms with Crippen molar-refractivity contribution in [2.24, 2.45) is 11.5 Å². The van der Waals surface area contributed by atoms with E-state index in [9.17, 15) is 19.2 Å². The van der Waals surface area contributed by atoms with E-state index >= 15 is 0 Å². The molecule has 8 N–H and O–H groups in total. The van der Waals surface area contributed by atoms with Crippen molar-refractivity contribution in [3.63, 3.8) is 0 Å². The summed E-state index contributed by atoms with van der Waals surface area (Å²) < 4.78 is 0. The number of nitrogens with one attached hydrogen (secondary N) is 2. The molecule has 0 rings (SSSR count). The predicted octanol–water partition coefficient (Wildman–Crippen LogP) is -3.96. The van der Waals surface area contributed by atoms with Crippen LogP contribution >= 0.6 is 0 Å². The highest BCUT2D eigenvalue weighted by molar-refractivity contribution is 5.94. The number of rotatable bonds is 7. The van der Waals surface area contributed by atoms with Crippen LogP contribution in [0.3, 0.4) is 0 Å². The molecule has 0 saturated heterocycles. The average Bonchev–Trinajstić information content (AvgIpc) is 2.30. The van der Waals surface area contributed by atoms with Crippen LogP contribution < -0.4 is 22.1 Å². The zero-order valence-electron chi connectivity index (χ0n) is 9.25. The number of amides is 2. The maximum atomic E-state index is 11.3. The Labute approximate surface area is 101 Å². The Morgan fingerprint density at radius 1 is 0.833 bits per heavy atom. The minimum Gasteiger partial charge on any atom is -0.480 e. The number of carbonyl (C=O) groups is 4. The molecule has 0 aliphatic carbocycles. The fourth-order valence-electron chi connectivity index (χ4n) is 0.887. The van der Waals surface area contributed by atoms with Crippen LogP contribution in [0.1, 0.15) is 0 Å². The molecule has 0 aliphatic heterocycles. The predicted molar refractivity (Wildman–Crippen MR) is 57.2 cm³/mol. The lowest BCUT2D eigenvalue weighted by Crippen LogP contribution is -2.59. The highest BCUT2D eigenvalue weighted by atomic mass is 16.4. The summed E-state index contributed by atoms with van der Waals surface area (Å²) in [4.78, 5) is 42.9. The Bertz CT molecular complexity index is 323. The second-order valence-electron chi connectivity index (χ2n) is 3.27. The van der Waals surface area contributed by atoms with Crippen molar-refractivity contribution in [3.05, 3.63) is 0 Å². The van der Waals surface area contributed by atoms with Crippen molar-refractivity contribution in [1.82, 2.24) is 10.6 Å². The van der Waals surface area contributed by atoms with E-state index in [-0.39, 0.29) is 0 Å². The Morgan fingerprint density at radius 3 is 1.33 bits per heavy atom. The van der Waals surface area contributed by atoms with Crippen molar-refractivity contribution in [3.8, 4) is 0 Å². The van der Waals surface area contributed by atoms with Gasteiger partial charge in [0.15, 0.2) is 0 Å². The van der Waals surface area contributed by atoms with Crippen molar-refractivity contribution in [2.45, 2.75) is 12.1 Å². The monoisotopic (exact) mass is 262 g/mol. The zero-order chi connectivity index (χ0) is 14.3. The lowest BCUT2D eigenvalue weighted by molar-refractivity contribution is -0.139. The molecule has 0 spiro atoms. The van der Waals surface area contributed by atoms with Gasteiger partial charge in [-0.3, -0.25) is 19.2 Å². The fraction of sp³-hybridized carbons (Fsp3) is 0.500.